The molecule has 1 unspecified atom stereocenters. The van der Waals surface area contributed by atoms with Crippen molar-refractivity contribution in [2.75, 3.05) is 25.1 Å². The highest BCUT2D eigenvalue weighted by molar-refractivity contribution is 7.91. The Morgan fingerprint density at radius 1 is 1.28 bits per heavy atom. The molecule has 1 fully saturated rings. The number of rotatable bonds is 5. The van der Waals surface area contributed by atoms with E-state index in [4.69, 9.17) is 0 Å². The molecule has 1 aromatic carbocycles. The smallest absolute Gasteiger partial charge is 0.151 e. The van der Waals surface area contributed by atoms with Gasteiger partial charge < -0.3 is 4.90 Å². The van der Waals surface area contributed by atoms with Gasteiger partial charge in [0.15, 0.2) is 9.84 Å². The fourth-order valence-corrected chi connectivity index (χ4v) is 4.29. The Labute approximate surface area is 110 Å². The molecule has 0 N–H and O–H groups in total. The highest BCUT2D eigenvalue weighted by atomic mass is 32.2. The average Bonchev–Trinajstić information content (AvgIpc) is 2.71. The predicted octanol–water partition coefficient (Wildman–Crippen LogP) is 1.74. The minimum absolute atomic E-state index is 0.228. The van der Waals surface area contributed by atoms with Crippen LogP contribution in [0.2, 0.25) is 0 Å². The van der Waals surface area contributed by atoms with Gasteiger partial charge in [0.05, 0.1) is 11.5 Å². The van der Waals surface area contributed by atoms with Crippen LogP contribution in [0.5, 0.6) is 0 Å². The van der Waals surface area contributed by atoms with Gasteiger partial charge in [0.1, 0.15) is 0 Å². The molecule has 0 amide bonds. The minimum Gasteiger partial charge on any atom is -0.302 e. The summed E-state index contributed by atoms with van der Waals surface area (Å²) in [5.74, 6) is 0.704. The molecule has 0 spiro atoms. The van der Waals surface area contributed by atoms with E-state index in [9.17, 15) is 8.42 Å². The molecule has 4 heteroatoms. The lowest BCUT2D eigenvalue weighted by atomic mass is 10.1. The average molecular weight is 267 g/mol. The van der Waals surface area contributed by atoms with Crippen LogP contribution in [0.1, 0.15) is 18.4 Å². The zero-order chi connectivity index (χ0) is 13.0. The zero-order valence-corrected chi connectivity index (χ0v) is 11.7. The third kappa shape index (κ3) is 3.82. The van der Waals surface area contributed by atoms with Gasteiger partial charge in [-0.25, -0.2) is 8.42 Å². The van der Waals surface area contributed by atoms with Gasteiger partial charge in [-0.3, -0.25) is 0 Å². The van der Waals surface area contributed by atoms with E-state index in [1.807, 2.05) is 13.1 Å². The predicted molar refractivity (Wildman–Crippen MR) is 74.5 cm³/mol. The van der Waals surface area contributed by atoms with Crippen molar-refractivity contribution in [1.29, 1.82) is 0 Å². The molecular weight excluding hydrogens is 246 g/mol. The fourth-order valence-electron chi connectivity index (χ4n) is 2.48. The highest BCUT2D eigenvalue weighted by Gasteiger charge is 2.30. The Morgan fingerprint density at radius 3 is 2.61 bits per heavy atom. The largest absolute Gasteiger partial charge is 0.302 e. The first-order valence-electron chi connectivity index (χ1n) is 6.51. The highest BCUT2D eigenvalue weighted by Crippen LogP contribution is 2.16. The van der Waals surface area contributed by atoms with Crippen molar-refractivity contribution < 1.29 is 8.42 Å². The second-order valence-corrected chi connectivity index (χ2v) is 7.36. The van der Waals surface area contributed by atoms with Crippen molar-refractivity contribution >= 4 is 9.84 Å². The number of hydrogen-bond donors (Lipinski definition) is 0. The minimum atomic E-state index is -2.76. The zero-order valence-electron chi connectivity index (χ0n) is 10.9. The second kappa shape index (κ2) is 5.85. The van der Waals surface area contributed by atoms with Crippen LogP contribution in [0, 0.1) is 0 Å². The lowest BCUT2D eigenvalue weighted by Crippen LogP contribution is -2.33. The summed E-state index contributed by atoms with van der Waals surface area (Å²) in [4.78, 5) is 2.20. The summed E-state index contributed by atoms with van der Waals surface area (Å²) in [6.07, 6.45) is 2.94. The number of benzene rings is 1. The first-order valence-corrected chi connectivity index (χ1v) is 8.33. The van der Waals surface area contributed by atoms with Gasteiger partial charge in [0, 0.05) is 6.04 Å². The summed E-state index contributed by atoms with van der Waals surface area (Å²) in [7, 11) is -0.721. The summed E-state index contributed by atoms with van der Waals surface area (Å²) >= 11 is 0. The Morgan fingerprint density at radius 2 is 2.00 bits per heavy atom. The van der Waals surface area contributed by atoms with Crippen molar-refractivity contribution in [2.45, 2.75) is 25.3 Å². The molecule has 1 aliphatic heterocycles. The lowest BCUT2D eigenvalue weighted by Gasteiger charge is -2.22. The first kappa shape index (κ1) is 13.6. The van der Waals surface area contributed by atoms with Crippen molar-refractivity contribution in [1.82, 2.24) is 4.90 Å². The third-order valence-corrected chi connectivity index (χ3v) is 5.40. The molecule has 1 atom stereocenters. The summed E-state index contributed by atoms with van der Waals surface area (Å²) in [5, 5.41) is 0. The molecule has 0 aliphatic carbocycles. The molecule has 1 aliphatic rings. The Bertz CT molecular complexity index is 470. The third-order valence-electron chi connectivity index (χ3n) is 3.65. The number of nitrogens with zero attached hydrogens (tertiary/aromatic N) is 1. The molecule has 100 valence electrons. The van der Waals surface area contributed by atoms with Crippen LogP contribution < -0.4 is 0 Å². The maximum absolute atomic E-state index is 11.4. The van der Waals surface area contributed by atoms with E-state index in [0.29, 0.717) is 11.5 Å². The number of hydrogen-bond acceptors (Lipinski definition) is 3. The molecule has 1 heterocycles. The Balaban J connectivity index is 1.74. The molecule has 2 rings (SSSR count). The molecule has 1 aromatic rings. The van der Waals surface area contributed by atoms with E-state index in [1.54, 1.807) is 0 Å². The fraction of sp³-hybridized carbons (Fsp3) is 0.571. The number of aryl methyl sites for hydroxylation is 1. The molecule has 0 bridgehead atoms. The standard InChI is InChI=1S/C14H21NO2S/c1-15(14-9-11-18(16,17)12-14)10-5-8-13-6-3-2-4-7-13/h2-4,6-7,14H,5,8-12H2,1H3. The van der Waals surface area contributed by atoms with Crippen LogP contribution in [0.15, 0.2) is 30.3 Å². The van der Waals surface area contributed by atoms with Crippen molar-refractivity contribution in [3.05, 3.63) is 35.9 Å². The Kier molecular flexibility index (Phi) is 4.40. The SMILES string of the molecule is CN(CCCc1ccccc1)C1CCS(=O)(=O)C1. The van der Waals surface area contributed by atoms with Gasteiger partial charge in [-0.2, -0.15) is 0 Å². The first-order chi connectivity index (χ1) is 8.57. The second-order valence-electron chi connectivity index (χ2n) is 5.13. The Hall–Kier alpha value is -0.870. The lowest BCUT2D eigenvalue weighted by molar-refractivity contribution is 0.259. The molecule has 0 saturated carbocycles. The molecule has 3 nitrogen and oxygen atoms in total. The van der Waals surface area contributed by atoms with Gasteiger partial charge in [-0.1, -0.05) is 30.3 Å². The van der Waals surface area contributed by atoms with Crippen LogP contribution in [0.3, 0.4) is 0 Å². The topological polar surface area (TPSA) is 37.4 Å². The van der Waals surface area contributed by atoms with E-state index in [0.717, 1.165) is 25.8 Å². The molecule has 0 radical (unpaired) electrons. The monoisotopic (exact) mass is 267 g/mol. The van der Waals surface area contributed by atoms with Crippen LogP contribution in [0.4, 0.5) is 0 Å². The van der Waals surface area contributed by atoms with Crippen molar-refractivity contribution in [3.8, 4) is 0 Å². The van der Waals surface area contributed by atoms with Gasteiger partial charge in [-0.15, -0.1) is 0 Å². The van der Waals surface area contributed by atoms with E-state index < -0.39 is 9.84 Å². The van der Waals surface area contributed by atoms with E-state index in [2.05, 4.69) is 29.2 Å². The number of sulfone groups is 1. The van der Waals surface area contributed by atoms with Gasteiger partial charge in [0.2, 0.25) is 0 Å². The normalized spacial score (nSPS) is 22.4. The van der Waals surface area contributed by atoms with Crippen molar-refractivity contribution in [2.24, 2.45) is 0 Å². The summed E-state index contributed by atoms with van der Waals surface area (Å²) in [6.45, 7) is 0.967. The van der Waals surface area contributed by atoms with Crippen molar-refractivity contribution in [3.63, 3.8) is 0 Å². The maximum Gasteiger partial charge on any atom is 0.151 e. The molecule has 0 aromatic heterocycles. The maximum atomic E-state index is 11.4. The van der Waals surface area contributed by atoms with Crippen LogP contribution in [-0.2, 0) is 16.3 Å². The van der Waals surface area contributed by atoms with Gasteiger partial charge in [0.25, 0.3) is 0 Å². The van der Waals surface area contributed by atoms with Crippen LogP contribution >= 0.6 is 0 Å². The van der Waals surface area contributed by atoms with Crippen LogP contribution in [-0.4, -0.2) is 44.5 Å². The van der Waals surface area contributed by atoms with Crippen LogP contribution in [0.25, 0.3) is 0 Å². The van der Waals surface area contributed by atoms with E-state index in [-0.39, 0.29) is 6.04 Å². The quantitative estimate of drug-likeness (QED) is 0.815. The van der Waals surface area contributed by atoms with Gasteiger partial charge >= 0.3 is 0 Å². The van der Waals surface area contributed by atoms with Gasteiger partial charge in [-0.05, 0) is 38.4 Å². The summed E-state index contributed by atoms with van der Waals surface area (Å²) < 4.78 is 22.8. The molecular formula is C14H21NO2S. The summed E-state index contributed by atoms with van der Waals surface area (Å²) in [5.41, 5.74) is 1.35. The van der Waals surface area contributed by atoms with E-state index in [1.165, 1.54) is 5.56 Å². The molecule has 1 saturated heterocycles. The summed E-state index contributed by atoms with van der Waals surface area (Å²) in [6, 6.07) is 10.6. The van der Waals surface area contributed by atoms with E-state index >= 15 is 0 Å². The molecule has 18 heavy (non-hydrogen) atoms.